The summed E-state index contributed by atoms with van der Waals surface area (Å²) in [6.45, 7) is 5.73. The van der Waals surface area contributed by atoms with E-state index in [1.165, 1.54) is 36.4 Å². The lowest BCUT2D eigenvalue weighted by molar-refractivity contribution is 0.0535. The third-order valence-electron chi connectivity index (χ3n) is 4.87. The number of rotatable bonds is 6. The maximum atomic E-state index is 13.0. The van der Waals surface area contributed by atoms with Crippen LogP contribution in [0.2, 0.25) is 0 Å². The molecule has 1 saturated heterocycles. The second-order valence-corrected chi connectivity index (χ2v) is 9.57. The van der Waals surface area contributed by atoms with Gasteiger partial charge in [0.1, 0.15) is 5.82 Å². The molecule has 2 aromatic carbocycles. The summed E-state index contributed by atoms with van der Waals surface area (Å²) in [6, 6.07) is 10.5. The summed E-state index contributed by atoms with van der Waals surface area (Å²) in [7, 11) is -3.88. The van der Waals surface area contributed by atoms with Crippen LogP contribution in [0.5, 0.6) is 0 Å². The quantitative estimate of drug-likeness (QED) is 0.710. The first-order valence-corrected chi connectivity index (χ1v) is 11.7. The van der Waals surface area contributed by atoms with Crippen LogP contribution >= 0.6 is 0 Å². The number of hydrogen-bond donors (Lipinski definition) is 1. The fraction of sp³-hybridized carbons (Fsp3) is 0.364. The van der Waals surface area contributed by atoms with Crippen molar-refractivity contribution in [2.75, 3.05) is 37.5 Å². The third-order valence-corrected chi connectivity index (χ3v) is 6.27. The highest BCUT2D eigenvalue weighted by Crippen LogP contribution is 2.18. The molecule has 172 valence electrons. The third kappa shape index (κ3) is 5.97. The van der Waals surface area contributed by atoms with Gasteiger partial charge in [-0.05, 0) is 54.4 Å². The Morgan fingerprint density at radius 2 is 1.53 bits per heavy atom. The van der Waals surface area contributed by atoms with Crippen molar-refractivity contribution in [2.45, 2.75) is 18.7 Å². The van der Waals surface area contributed by atoms with E-state index in [1.54, 1.807) is 9.80 Å². The van der Waals surface area contributed by atoms with Gasteiger partial charge in [0.05, 0.1) is 11.5 Å². The molecule has 1 aliphatic heterocycles. The van der Waals surface area contributed by atoms with Crippen molar-refractivity contribution >= 4 is 27.7 Å². The van der Waals surface area contributed by atoms with Crippen LogP contribution in [0.1, 0.15) is 24.2 Å². The number of halogens is 1. The summed E-state index contributed by atoms with van der Waals surface area (Å²) in [6.07, 6.45) is -0.381. The van der Waals surface area contributed by atoms with E-state index in [4.69, 9.17) is 4.74 Å². The van der Waals surface area contributed by atoms with Crippen LogP contribution in [-0.2, 0) is 14.8 Å². The van der Waals surface area contributed by atoms with Gasteiger partial charge in [-0.15, -0.1) is 0 Å². The predicted octanol–water partition coefficient (Wildman–Crippen LogP) is 3.18. The van der Waals surface area contributed by atoms with Gasteiger partial charge >= 0.3 is 6.09 Å². The minimum Gasteiger partial charge on any atom is -0.449 e. The zero-order chi connectivity index (χ0) is 23.3. The number of nitrogens with zero attached hydrogens (tertiary/aromatic N) is 2. The summed E-state index contributed by atoms with van der Waals surface area (Å²) >= 11 is 0. The molecule has 0 unspecified atom stereocenters. The first kappa shape index (κ1) is 23.5. The van der Waals surface area contributed by atoms with Crippen molar-refractivity contribution in [3.8, 4) is 0 Å². The van der Waals surface area contributed by atoms with Gasteiger partial charge in [0.15, 0.2) is 0 Å². The molecule has 8 nitrogen and oxygen atoms in total. The number of piperazine rings is 1. The second kappa shape index (κ2) is 9.99. The van der Waals surface area contributed by atoms with Crippen molar-refractivity contribution in [1.82, 2.24) is 9.80 Å². The molecule has 10 heteroatoms. The smallest absolute Gasteiger partial charge is 0.409 e. The number of amides is 2. The molecule has 0 aliphatic carbocycles. The van der Waals surface area contributed by atoms with E-state index in [-0.39, 0.29) is 28.5 Å². The average molecular weight is 464 g/mol. The van der Waals surface area contributed by atoms with Crippen LogP contribution < -0.4 is 4.72 Å². The molecular weight excluding hydrogens is 437 g/mol. The minimum atomic E-state index is -3.88. The summed E-state index contributed by atoms with van der Waals surface area (Å²) < 4.78 is 45.6. The largest absolute Gasteiger partial charge is 0.449 e. The standard InChI is InChI=1S/C22H26FN3O5S/c1-16(2)15-31-22(28)26-13-11-25(12-14-26)21(27)17-3-9-20(10-4-17)32(29,30)24-19-7-5-18(23)6-8-19/h3-10,16,24H,11-15H2,1-2H3. The maximum absolute atomic E-state index is 13.0. The van der Waals surface area contributed by atoms with E-state index in [0.717, 1.165) is 12.1 Å². The molecule has 32 heavy (non-hydrogen) atoms. The number of carbonyl (C=O) groups excluding carboxylic acids is 2. The van der Waals surface area contributed by atoms with Crippen molar-refractivity contribution in [1.29, 1.82) is 0 Å². The SMILES string of the molecule is CC(C)COC(=O)N1CCN(C(=O)c2ccc(S(=O)(=O)Nc3ccc(F)cc3)cc2)CC1. The molecule has 0 aromatic heterocycles. The highest BCUT2D eigenvalue weighted by atomic mass is 32.2. The summed E-state index contributed by atoms with van der Waals surface area (Å²) in [5.74, 6) is -0.459. The average Bonchev–Trinajstić information content (AvgIpc) is 2.78. The number of ether oxygens (including phenoxy) is 1. The summed E-state index contributed by atoms with van der Waals surface area (Å²) in [4.78, 5) is 28.0. The van der Waals surface area contributed by atoms with Crippen molar-refractivity contribution in [3.63, 3.8) is 0 Å². The lowest BCUT2D eigenvalue weighted by atomic mass is 10.2. The highest BCUT2D eigenvalue weighted by Gasteiger charge is 2.26. The molecule has 1 N–H and O–H groups in total. The van der Waals surface area contributed by atoms with E-state index in [0.29, 0.717) is 38.3 Å². The van der Waals surface area contributed by atoms with Crippen LogP contribution in [0.25, 0.3) is 0 Å². The van der Waals surface area contributed by atoms with Crippen LogP contribution in [0.4, 0.5) is 14.9 Å². The molecule has 0 spiro atoms. The Labute approximate surface area is 187 Å². The molecule has 3 rings (SSSR count). The number of carbonyl (C=O) groups is 2. The van der Waals surface area contributed by atoms with Crippen LogP contribution in [0, 0.1) is 11.7 Å². The lowest BCUT2D eigenvalue weighted by Crippen LogP contribution is -2.50. The van der Waals surface area contributed by atoms with E-state index in [2.05, 4.69) is 4.72 Å². The van der Waals surface area contributed by atoms with Gasteiger partial charge in [-0.25, -0.2) is 17.6 Å². The van der Waals surface area contributed by atoms with Gasteiger partial charge in [-0.1, -0.05) is 13.8 Å². The molecule has 0 radical (unpaired) electrons. The Kier molecular flexibility index (Phi) is 7.34. The normalized spacial score (nSPS) is 14.4. The Hall–Kier alpha value is -3.14. The first-order valence-electron chi connectivity index (χ1n) is 10.2. The van der Waals surface area contributed by atoms with Gasteiger partial charge in [0, 0.05) is 37.4 Å². The zero-order valence-electron chi connectivity index (χ0n) is 18.0. The fourth-order valence-electron chi connectivity index (χ4n) is 3.11. The topological polar surface area (TPSA) is 96.0 Å². The lowest BCUT2D eigenvalue weighted by Gasteiger charge is -2.34. The molecule has 1 fully saturated rings. The van der Waals surface area contributed by atoms with Gasteiger partial charge in [-0.2, -0.15) is 0 Å². The number of sulfonamides is 1. The van der Waals surface area contributed by atoms with Crippen molar-refractivity contribution in [3.05, 3.63) is 59.9 Å². The van der Waals surface area contributed by atoms with Gasteiger partial charge < -0.3 is 14.5 Å². The van der Waals surface area contributed by atoms with Gasteiger partial charge in [-0.3, -0.25) is 9.52 Å². The number of benzene rings is 2. The molecule has 1 aliphatic rings. The predicted molar refractivity (Wildman–Crippen MR) is 117 cm³/mol. The van der Waals surface area contributed by atoms with Crippen LogP contribution in [-0.4, -0.2) is 63.0 Å². The molecule has 1 heterocycles. The van der Waals surface area contributed by atoms with Crippen molar-refractivity contribution < 1.29 is 27.1 Å². The molecule has 2 amide bonds. The van der Waals surface area contributed by atoms with E-state index in [1.807, 2.05) is 13.8 Å². The Morgan fingerprint density at radius 1 is 0.969 bits per heavy atom. The Morgan fingerprint density at radius 3 is 2.09 bits per heavy atom. The van der Waals surface area contributed by atoms with Gasteiger partial charge in [0.25, 0.3) is 15.9 Å². The summed E-state index contributed by atoms with van der Waals surface area (Å²) in [5, 5.41) is 0. The molecule has 0 atom stereocenters. The fourth-order valence-corrected chi connectivity index (χ4v) is 4.17. The maximum Gasteiger partial charge on any atom is 0.409 e. The number of anilines is 1. The molecular formula is C22H26FN3O5S. The van der Waals surface area contributed by atoms with Crippen LogP contribution in [0.15, 0.2) is 53.4 Å². The van der Waals surface area contributed by atoms with E-state index < -0.39 is 15.8 Å². The minimum absolute atomic E-state index is 0.0175. The van der Waals surface area contributed by atoms with Crippen LogP contribution in [0.3, 0.4) is 0 Å². The highest BCUT2D eigenvalue weighted by molar-refractivity contribution is 7.92. The Bertz CT molecular complexity index is 1050. The Balaban J connectivity index is 1.58. The summed E-state index contributed by atoms with van der Waals surface area (Å²) in [5.41, 5.74) is 0.581. The number of hydrogen-bond acceptors (Lipinski definition) is 5. The number of nitrogens with one attached hydrogen (secondary N) is 1. The molecule has 2 aromatic rings. The zero-order valence-corrected chi connectivity index (χ0v) is 18.8. The first-order chi connectivity index (χ1) is 15.2. The monoisotopic (exact) mass is 463 g/mol. The van der Waals surface area contributed by atoms with Crippen molar-refractivity contribution in [2.24, 2.45) is 5.92 Å². The molecule has 0 bridgehead atoms. The van der Waals surface area contributed by atoms with Gasteiger partial charge in [0.2, 0.25) is 0 Å². The second-order valence-electron chi connectivity index (χ2n) is 7.89. The van der Waals surface area contributed by atoms with E-state index >= 15 is 0 Å². The molecule has 0 saturated carbocycles. The van der Waals surface area contributed by atoms with E-state index in [9.17, 15) is 22.4 Å².